The number of halogens is 3. The van der Waals surface area contributed by atoms with E-state index in [9.17, 15) is 92.0 Å². The third-order valence-electron chi connectivity index (χ3n) is 22.7. The van der Waals surface area contributed by atoms with Gasteiger partial charge in [-0.05, 0) is 160 Å². The van der Waals surface area contributed by atoms with Crippen LogP contribution >= 0.6 is 56.9 Å². The van der Waals surface area contributed by atoms with Crippen molar-refractivity contribution in [3.8, 4) is 0 Å². The van der Waals surface area contributed by atoms with E-state index in [-0.39, 0.29) is 121 Å². The summed E-state index contributed by atoms with van der Waals surface area (Å²) < 4.78 is 133. The molecule has 2 saturated heterocycles. The zero-order valence-electron chi connectivity index (χ0n) is 69.5. The van der Waals surface area contributed by atoms with Crippen LogP contribution in [-0.2, 0) is 76.6 Å². The van der Waals surface area contributed by atoms with Gasteiger partial charge in [0.05, 0.1) is 111 Å². The minimum absolute atomic E-state index is 0.129. The van der Waals surface area contributed by atoms with Crippen LogP contribution in [-0.4, -0.2) is 245 Å². The van der Waals surface area contributed by atoms with Gasteiger partial charge in [0.15, 0.2) is 5.78 Å². The number of aliphatic hydroxyl groups excluding tert-OH is 5. The van der Waals surface area contributed by atoms with Gasteiger partial charge in [-0.3, -0.25) is 50.5 Å². The molecule has 13 atom stereocenters. The number of ketones is 5. The number of rotatable bonds is 34. The van der Waals surface area contributed by atoms with Crippen molar-refractivity contribution in [1.82, 2.24) is 49.7 Å². The van der Waals surface area contributed by atoms with Crippen LogP contribution in [0.3, 0.4) is 0 Å². The van der Waals surface area contributed by atoms with E-state index in [2.05, 4.69) is 95.9 Å². The molecule has 4 aliphatic carbocycles. The summed E-state index contributed by atoms with van der Waals surface area (Å²) in [7, 11) is -14.3. The van der Waals surface area contributed by atoms with Crippen molar-refractivity contribution in [2.45, 2.75) is 151 Å². The molecule has 1 aromatic carbocycles. The van der Waals surface area contributed by atoms with Crippen LogP contribution in [0, 0.1) is 23.7 Å². The Labute approximate surface area is 767 Å². The quantitative estimate of drug-likeness (QED) is 0.0227. The van der Waals surface area contributed by atoms with Crippen LogP contribution in [0.2, 0.25) is 5.02 Å². The summed E-state index contributed by atoms with van der Waals surface area (Å²) in [5.74, 6) is -4.36. The minimum Gasteiger partial charge on any atom is -0.393 e. The van der Waals surface area contributed by atoms with E-state index in [1.165, 1.54) is 97.1 Å². The van der Waals surface area contributed by atoms with Crippen LogP contribution in [0.15, 0.2) is 120 Å². The third kappa shape index (κ3) is 27.3. The van der Waals surface area contributed by atoms with Gasteiger partial charge in [0, 0.05) is 108 Å². The highest BCUT2D eigenvalue weighted by atomic mass is 35.5. The molecule has 8 aromatic heterocycles. The Bertz CT molecular complexity index is 6010. The molecule has 702 valence electrons. The summed E-state index contributed by atoms with van der Waals surface area (Å²) in [6.07, 6.45) is 12.5. The summed E-state index contributed by atoms with van der Waals surface area (Å²) in [5, 5.41) is 89.9. The van der Waals surface area contributed by atoms with E-state index in [4.69, 9.17) is 32.2 Å². The lowest BCUT2D eigenvalue weighted by molar-refractivity contribution is 0.0114. The number of nitrogens with one attached hydrogen (secondary N) is 4. The molecule has 0 spiro atoms. The Morgan fingerprint density at radius 3 is 1.18 bits per heavy atom. The lowest BCUT2D eigenvalue weighted by Crippen LogP contribution is -2.39. The van der Waals surface area contributed by atoms with Crippen molar-refractivity contribution < 1.29 is 109 Å². The predicted molar refractivity (Wildman–Crippen MR) is 475 cm³/mol. The maximum atomic E-state index is 13.7. The standard InChI is InChI=1S/C26H30ClN5O5S2.C20H25F2N5O5S2.C17H20N4O6S2.C16H20N4O6S2/c1-32-7-3-6-26(32,17-4-2-5-19(27)9-17)18-10-23(38-14-18)24(34)21-12-29-15-30-25(21)31-20-8-16(22(33)11-20)13-37-39(28,35)36;21-20(22)1-2-27(10-20)7-12-3-17(33-9-12)18(29)15-6-24-11-25-19(15)26-14-4-13(16(28)5-14)8-32-34(23,30)31;1-9(22)11-3-15(28-7-11)16(24)13-5-19-8-20-17(13)21-12-2-10(14(23)4-12)6-27-29(18,25)26;17-28(24,25)26-6-10-2-11(3-13(10)22)20-16-12(4-18-8-19-16)15(23)14-1-9(5-21)7-27-14/h2,4-5,9-10,12,14-16,20,22,33H,3,6-8,11,13H2,1H3,(H2,28,35,36)(H,29,30,31);3,6,9,11,13-14,16,28H,1-2,4-5,7-8,10H2,(H2,23,30,31)(H,24,25,26);3,5,7-8,10,12,14,23H,2,4,6H2,1H3,(H2,18,25,26)(H,19,20,21);1,4,7-8,10-11,13,21-22H,2-3,5-6H2,(H2,17,24,25)(H,18,19,20)/t16-,20-,22+,26?;13-,14-,16+;10-,12-,14+;10-,11-,13+/m1111/s1. The molecule has 9 aromatic rings. The maximum absolute atomic E-state index is 13.7. The Morgan fingerprint density at radius 1 is 0.492 bits per heavy atom. The minimum atomic E-state index is -4.11. The van der Waals surface area contributed by atoms with Gasteiger partial charge in [-0.1, -0.05) is 23.7 Å². The number of carbonyl (C=O) groups excluding carboxylic acids is 5. The van der Waals surface area contributed by atoms with Gasteiger partial charge in [-0.25, -0.2) is 69.2 Å². The normalized spacial score (nSPS) is 23.9. The number of anilines is 4. The first-order valence-electron chi connectivity index (χ1n) is 40.3. The van der Waals surface area contributed by atoms with Gasteiger partial charge in [-0.2, -0.15) is 33.7 Å². The van der Waals surface area contributed by atoms with Gasteiger partial charge >= 0.3 is 41.2 Å². The van der Waals surface area contributed by atoms with Crippen LogP contribution in [0.4, 0.5) is 32.1 Å². The van der Waals surface area contributed by atoms with Crippen molar-refractivity contribution in [3.63, 3.8) is 0 Å². The lowest BCUT2D eigenvalue weighted by Gasteiger charge is -2.36. The second kappa shape index (κ2) is 43.5. The molecule has 130 heavy (non-hydrogen) atoms. The van der Waals surface area contributed by atoms with Gasteiger partial charge in [0.25, 0.3) is 5.92 Å². The number of hydrogen-bond acceptors (Lipinski definition) is 40. The van der Waals surface area contributed by atoms with Gasteiger partial charge in [0.1, 0.15) is 48.6 Å². The van der Waals surface area contributed by atoms with Gasteiger partial charge in [0.2, 0.25) is 23.1 Å². The highest BCUT2D eigenvalue weighted by Crippen LogP contribution is 2.47. The van der Waals surface area contributed by atoms with Crippen molar-refractivity contribution in [1.29, 1.82) is 0 Å². The summed E-state index contributed by atoms with van der Waals surface area (Å²) in [5.41, 5.74) is 4.73. The molecule has 0 amide bonds. The van der Waals surface area contributed by atoms with E-state index in [0.29, 0.717) is 129 Å². The van der Waals surface area contributed by atoms with Crippen molar-refractivity contribution in [3.05, 3.63) is 195 Å². The number of Topliss-reactive ketones (excluding diaryl/α,β-unsaturated/α-hetero) is 1. The average Bonchev–Trinajstić information content (AvgIpc) is 1.58. The predicted octanol–water partition coefficient (Wildman–Crippen LogP) is 5.32. The van der Waals surface area contributed by atoms with E-state index >= 15 is 0 Å². The van der Waals surface area contributed by atoms with Crippen molar-refractivity contribution >= 4 is 150 Å². The molecular weight excluding hydrogens is 1880 g/mol. The van der Waals surface area contributed by atoms with Crippen molar-refractivity contribution in [2.75, 3.05) is 74.4 Å². The molecule has 10 heterocycles. The number of carbonyl (C=O) groups is 5. The number of likely N-dealkylation sites (tertiary alicyclic amines) is 2. The van der Waals surface area contributed by atoms with Crippen LogP contribution in [0.1, 0.15) is 171 Å². The summed E-state index contributed by atoms with van der Waals surface area (Å²) in [6, 6.07) is 13.7. The molecular formula is C79H95ClF2N18O22S8. The Balaban J connectivity index is 0.000000158. The van der Waals surface area contributed by atoms with Crippen molar-refractivity contribution in [2.24, 2.45) is 44.2 Å². The largest absolute Gasteiger partial charge is 0.393 e. The van der Waals surface area contributed by atoms with Gasteiger partial charge < -0.3 is 46.8 Å². The average molecular weight is 1980 g/mol. The Hall–Kier alpha value is -8.76. The van der Waals surface area contributed by atoms with Crippen LogP contribution in [0.25, 0.3) is 0 Å². The fraction of sp³-hybridized carbons (Fsp3) is 0.456. The summed E-state index contributed by atoms with van der Waals surface area (Å²) >= 11 is 11.3. The molecule has 40 nitrogen and oxygen atoms in total. The molecule has 0 radical (unpaired) electrons. The maximum Gasteiger partial charge on any atom is 0.333 e. The molecule has 6 fully saturated rings. The monoisotopic (exact) mass is 1980 g/mol. The van der Waals surface area contributed by atoms with E-state index in [1.807, 2.05) is 29.6 Å². The number of aromatic nitrogens is 8. The van der Waals surface area contributed by atoms with Gasteiger partial charge in [-0.15, -0.1) is 45.3 Å². The second-order valence-electron chi connectivity index (χ2n) is 32.1. The molecule has 0 bridgehead atoms. The first-order valence-corrected chi connectivity index (χ1v) is 50.1. The summed E-state index contributed by atoms with van der Waals surface area (Å²) in [4.78, 5) is 102. The smallest absolute Gasteiger partial charge is 0.333 e. The second-order valence-corrected chi connectivity index (χ2v) is 41.1. The third-order valence-corrected chi connectivity index (χ3v) is 28.6. The molecule has 17 N–H and O–H groups in total. The van der Waals surface area contributed by atoms with E-state index in [0.717, 1.165) is 47.4 Å². The fourth-order valence-electron chi connectivity index (χ4n) is 16.3. The zero-order chi connectivity index (χ0) is 93.8. The number of aliphatic hydroxyl groups is 5. The first-order chi connectivity index (χ1) is 61.5. The number of benzene rings is 1. The highest BCUT2D eigenvalue weighted by Gasteiger charge is 2.45. The molecule has 6 aliphatic rings. The number of hydrogen-bond donors (Lipinski definition) is 13. The van der Waals surface area contributed by atoms with Crippen LogP contribution in [0.5, 0.6) is 0 Å². The van der Waals surface area contributed by atoms with E-state index < -0.39 is 95.2 Å². The molecule has 2 aliphatic heterocycles. The number of alkyl halides is 2. The zero-order valence-corrected chi connectivity index (χ0v) is 76.8. The first kappa shape index (κ1) is 100. The Kier molecular flexibility index (Phi) is 33.5. The molecule has 4 saturated carbocycles. The van der Waals surface area contributed by atoms with Crippen LogP contribution < -0.4 is 41.8 Å². The fourth-order valence-corrected chi connectivity index (χ4v) is 21.5. The number of thiophene rings is 4. The topological polar surface area (TPSA) is 622 Å². The lowest BCUT2D eigenvalue weighted by atomic mass is 9.82. The Morgan fingerprint density at radius 2 is 0.854 bits per heavy atom. The number of nitrogens with two attached hydrogens (primary N) is 4. The summed E-state index contributed by atoms with van der Waals surface area (Å²) in [6.45, 7) is 1.68. The highest BCUT2D eigenvalue weighted by molar-refractivity contribution is 7.85. The molecule has 51 heteroatoms. The SMILES string of the molecule is CC(=O)c1csc(C(=O)c2cncnc2N[C@@H]2C[C@H](COS(N)(=O)=O)[C@@H](O)C2)c1.CN1CCCC1(c1cccc(Cl)c1)c1csc(C(=O)c2cncnc2N[C@@H]2C[C@H](COS(N)(=O)=O)[C@@H](O)C2)c1.NS(=O)(=O)OC[C@H]1C[C@@H](Nc2ncncc2C(=O)c2cc(CN3CCC(F)(F)C3)cs2)C[C@@H]1O.NS(=O)(=O)OC[C@H]1C[C@@H](Nc2ncncc2C(=O)c2cc(CO)cs2)C[C@@H]1O. The van der Waals surface area contributed by atoms with E-state index in [1.54, 1.807) is 33.2 Å². The number of nitrogens with zero attached hydrogens (tertiary/aromatic N) is 10. The molecule has 1 unspecified atom stereocenters. The molecule has 15 rings (SSSR count).